The second-order valence-electron chi connectivity index (χ2n) is 6.27. The molecule has 146 valence electrons. The first-order valence-corrected chi connectivity index (χ1v) is 8.56. The van der Waals surface area contributed by atoms with E-state index in [-0.39, 0.29) is 18.0 Å². The van der Waals surface area contributed by atoms with Gasteiger partial charge in [-0.05, 0) is 24.3 Å². The fraction of sp³-hybridized carbons (Fsp3) is 0.100. The number of aromatic nitrogens is 2. The van der Waals surface area contributed by atoms with Crippen molar-refractivity contribution in [3.8, 4) is 11.5 Å². The van der Waals surface area contributed by atoms with Crippen molar-refractivity contribution in [2.75, 3.05) is 7.11 Å². The van der Waals surface area contributed by atoms with Gasteiger partial charge >= 0.3 is 5.97 Å². The van der Waals surface area contributed by atoms with Crippen molar-refractivity contribution < 1.29 is 24.3 Å². The number of carbonyl (C=O) groups is 1. The van der Waals surface area contributed by atoms with E-state index in [0.717, 1.165) is 5.52 Å². The number of rotatable bonds is 6. The number of nitro groups is 1. The van der Waals surface area contributed by atoms with Gasteiger partial charge in [0.15, 0.2) is 5.69 Å². The van der Waals surface area contributed by atoms with Crippen molar-refractivity contribution in [3.63, 3.8) is 0 Å². The lowest BCUT2D eigenvalue weighted by Crippen LogP contribution is -2.07. The van der Waals surface area contributed by atoms with E-state index in [0.29, 0.717) is 33.4 Å². The summed E-state index contributed by atoms with van der Waals surface area (Å²) in [5.41, 5.74) is 1.69. The Labute approximate surface area is 163 Å². The Hall–Kier alpha value is -3.98. The van der Waals surface area contributed by atoms with Gasteiger partial charge in [-0.15, -0.1) is 0 Å². The molecule has 0 fully saturated rings. The van der Waals surface area contributed by atoms with Crippen LogP contribution in [-0.4, -0.2) is 33.1 Å². The van der Waals surface area contributed by atoms with E-state index < -0.39 is 10.9 Å². The van der Waals surface area contributed by atoms with E-state index in [1.807, 2.05) is 6.07 Å². The van der Waals surface area contributed by atoms with Crippen molar-refractivity contribution in [1.82, 2.24) is 9.97 Å². The monoisotopic (exact) mass is 393 g/mol. The normalized spacial score (nSPS) is 11.1. The number of carboxylic acid groups (broad SMARTS) is 1. The molecule has 0 unspecified atom stereocenters. The summed E-state index contributed by atoms with van der Waals surface area (Å²) < 4.78 is 11.2. The number of carboxylic acids is 1. The molecule has 4 rings (SSSR count). The summed E-state index contributed by atoms with van der Waals surface area (Å²) in [6.07, 6.45) is 1.47. The summed E-state index contributed by atoms with van der Waals surface area (Å²) in [4.78, 5) is 29.3. The van der Waals surface area contributed by atoms with E-state index in [9.17, 15) is 20.0 Å². The van der Waals surface area contributed by atoms with Crippen molar-refractivity contribution in [3.05, 3.63) is 70.0 Å². The summed E-state index contributed by atoms with van der Waals surface area (Å²) in [5, 5.41) is 21.7. The number of hydrogen-bond donors (Lipinski definition) is 2. The van der Waals surface area contributed by atoms with Crippen LogP contribution in [0.5, 0.6) is 11.5 Å². The molecular weight excluding hydrogens is 378 g/mol. The van der Waals surface area contributed by atoms with Crippen LogP contribution in [0.15, 0.2) is 48.7 Å². The number of H-pyrrole nitrogens is 1. The van der Waals surface area contributed by atoms with Crippen molar-refractivity contribution >= 4 is 33.5 Å². The molecule has 9 nitrogen and oxygen atoms in total. The predicted octanol–water partition coefficient (Wildman–Crippen LogP) is 4.26. The summed E-state index contributed by atoms with van der Waals surface area (Å²) in [6.45, 7) is 0.0603. The van der Waals surface area contributed by atoms with Gasteiger partial charge in [-0.25, -0.2) is 9.78 Å². The number of pyridine rings is 1. The van der Waals surface area contributed by atoms with Gasteiger partial charge in [-0.3, -0.25) is 10.1 Å². The molecule has 2 N–H and O–H groups in total. The molecule has 0 bridgehead atoms. The van der Waals surface area contributed by atoms with Crippen LogP contribution in [0.25, 0.3) is 21.8 Å². The third-order valence-electron chi connectivity index (χ3n) is 4.49. The number of aromatic carboxylic acids is 1. The minimum atomic E-state index is -1.15. The number of benzene rings is 2. The molecule has 0 saturated heterocycles. The van der Waals surface area contributed by atoms with Gasteiger partial charge in [-0.1, -0.05) is 6.07 Å². The summed E-state index contributed by atoms with van der Waals surface area (Å²) in [5.74, 6) is -0.261. The van der Waals surface area contributed by atoms with E-state index in [2.05, 4.69) is 9.97 Å². The van der Waals surface area contributed by atoms with Crippen LogP contribution in [0.4, 0.5) is 5.69 Å². The highest BCUT2D eigenvalue weighted by Gasteiger charge is 2.21. The minimum Gasteiger partial charge on any atom is -0.477 e. The molecule has 0 aliphatic heterocycles. The number of aromatic amines is 1. The lowest BCUT2D eigenvalue weighted by molar-refractivity contribution is -0.384. The van der Waals surface area contributed by atoms with Gasteiger partial charge in [-0.2, -0.15) is 0 Å². The first kappa shape index (κ1) is 18.4. The zero-order valence-corrected chi connectivity index (χ0v) is 15.2. The summed E-state index contributed by atoms with van der Waals surface area (Å²) in [6, 6.07) is 11.1. The number of ether oxygens (including phenoxy) is 2. The average molecular weight is 393 g/mol. The number of hydrogen-bond acceptors (Lipinski definition) is 6. The van der Waals surface area contributed by atoms with Crippen LogP contribution in [-0.2, 0) is 11.3 Å². The molecule has 0 aliphatic rings. The number of methoxy groups -OCH3 is 1. The molecule has 4 aromatic rings. The minimum absolute atomic E-state index is 0.0396. The van der Waals surface area contributed by atoms with Crippen molar-refractivity contribution in [2.45, 2.75) is 6.61 Å². The van der Waals surface area contributed by atoms with E-state index >= 15 is 0 Å². The number of nitro benzene ring substituents is 1. The lowest BCUT2D eigenvalue weighted by Gasteiger charge is -2.10. The van der Waals surface area contributed by atoms with E-state index in [1.165, 1.54) is 37.6 Å². The molecule has 2 aromatic carbocycles. The SMILES string of the molecule is COCc1c(C(=O)O)ncc2[nH]c3cccc(Oc4ccc([N+](=O)[O-])cc4)c3c12. The molecule has 0 spiro atoms. The zero-order chi connectivity index (χ0) is 20.5. The van der Waals surface area contributed by atoms with Gasteiger partial charge < -0.3 is 19.6 Å². The molecule has 29 heavy (non-hydrogen) atoms. The Morgan fingerprint density at radius 3 is 2.59 bits per heavy atom. The average Bonchev–Trinajstić information content (AvgIpc) is 3.08. The molecule has 0 atom stereocenters. The first-order chi connectivity index (χ1) is 14.0. The molecule has 9 heteroatoms. The number of nitrogens with zero attached hydrogens (tertiary/aromatic N) is 2. The second kappa shape index (κ2) is 7.21. The van der Waals surface area contributed by atoms with Gasteiger partial charge in [0, 0.05) is 30.2 Å². The standard InChI is InChI=1S/C20H15N3O6/c1-28-10-13-17-15(9-21-19(13)20(24)25)22-14-3-2-4-16(18(14)17)29-12-7-5-11(6-8-12)23(26)27/h2-9,22H,10H2,1H3,(H,24,25). The van der Waals surface area contributed by atoms with Crippen LogP contribution in [0.3, 0.4) is 0 Å². The van der Waals surface area contributed by atoms with Gasteiger partial charge in [0.25, 0.3) is 5.69 Å². The largest absolute Gasteiger partial charge is 0.477 e. The summed E-state index contributed by atoms with van der Waals surface area (Å²) in [7, 11) is 1.48. The fourth-order valence-corrected chi connectivity index (χ4v) is 3.29. The highest BCUT2D eigenvalue weighted by Crippen LogP contribution is 2.38. The van der Waals surface area contributed by atoms with Crippen molar-refractivity contribution in [1.29, 1.82) is 0 Å². The fourth-order valence-electron chi connectivity index (χ4n) is 3.29. The molecule has 2 heterocycles. The van der Waals surface area contributed by atoms with Gasteiger partial charge in [0.2, 0.25) is 0 Å². The number of fused-ring (bicyclic) bond motifs is 3. The maximum absolute atomic E-state index is 11.6. The second-order valence-corrected chi connectivity index (χ2v) is 6.27. The van der Waals surface area contributed by atoms with Crippen LogP contribution in [0, 0.1) is 10.1 Å². The quantitative estimate of drug-likeness (QED) is 0.370. The number of nitrogens with one attached hydrogen (secondary N) is 1. The topological polar surface area (TPSA) is 128 Å². The third kappa shape index (κ3) is 3.23. The smallest absolute Gasteiger partial charge is 0.354 e. The highest BCUT2D eigenvalue weighted by molar-refractivity contribution is 6.13. The zero-order valence-electron chi connectivity index (χ0n) is 15.2. The molecule has 0 radical (unpaired) electrons. The van der Waals surface area contributed by atoms with Crippen LogP contribution in [0.1, 0.15) is 16.1 Å². The van der Waals surface area contributed by atoms with Gasteiger partial charge in [0.1, 0.15) is 11.5 Å². The molecule has 2 aromatic heterocycles. The number of non-ortho nitro benzene ring substituents is 1. The summed E-state index contributed by atoms with van der Waals surface area (Å²) >= 11 is 0. The molecule has 0 aliphatic carbocycles. The predicted molar refractivity (Wildman–Crippen MR) is 104 cm³/mol. The third-order valence-corrected chi connectivity index (χ3v) is 4.49. The Morgan fingerprint density at radius 2 is 1.93 bits per heavy atom. The Balaban J connectivity index is 1.91. The Morgan fingerprint density at radius 1 is 1.17 bits per heavy atom. The maximum Gasteiger partial charge on any atom is 0.354 e. The molecule has 0 saturated carbocycles. The van der Waals surface area contributed by atoms with Crippen molar-refractivity contribution in [2.24, 2.45) is 0 Å². The highest BCUT2D eigenvalue weighted by atomic mass is 16.6. The maximum atomic E-state index is 11.6. The Bertz CT molecular complexity index is 1250. The molecular formula is C20H15N3O6. The molecule has 0 amide bonds. The lowest BCUT2D eigenvalue weighted by atomic mass is 10.1. The van der Waals surface area contributed by atoms with Crippen LogP contribution >= 0.6 is 0 Å². The van der Waals surface area contributed by atoms with E-state index in [1.54, 1.807) is 12.1 Å². The van der Waals surface area contributed by atoms with Crippen LogP contribution in [0.2, 0.25) is 0 Å². The van der Waals surface area contributed by atoms with Crippen LogP contribution < -0.4 is 4.74 Å². The van der Waals surface area contributed by atoms with Gasteiger partial charge in [0.05, 0.1) is 34.1 Å². The van der Waals surface area contributed by atoms with E-state index in [4.69, 9.17) is 9.47 Å². The first-order valence-electron chi connectivity index (χ1n) is 8.56. The Kier molecular flexibility index (Phi) is 4.57.